The highest BCUT2D eigenvalue weighted by Gasteiger charge is 2.23. The molecule has 32 heavy (non-hydrogen) atoms. The first-order valence-corrected chi connectivity index (χ1v) is 15.3. The van der Waals surface area contributed by atoms with Crippen molar-refractivity contribution in [1.82, 2.24) is 0 Å². The Bertz CT molecular complexity index is 373. The fourth-order valence-electron chi connectivity index (χ4n) is 3.97. The lowest BCUT2D eigenvalue weighted by molar-refractivity contribution is -0.894. The summed E-state index contributed by atoms with van der Waals surface area (Å²) in [6, 6.07) is 0.573. The molecule has 3 nitrogen and oxygen atoms in total. The number of hydrogen-bond acceptors (Lipinski definition) is 3. The van der Waals surface area contributed by atoms with Crippen LogP contribution in [0.4, 0.5) is 0 Å². The molecule has 0 aromatic carbocycles. The van der Waals surface area contributed by atoms with Gasteiger partial charge in [-0.1, -0.05) is 96.8 Å². The van der Waals surface area contributed by atoms with Crippen LogP contribution in [0.25, 0.3) is 0 Å². The van der Waals surface area contributed by atoms with Gasteiger partial charge in [-0.3, -0.25) is 0 Å². The number of nitrogens with zero attached hydrogens (tertiary/aromatic N) is 1. The quantitative estimate of drug-likeness (QED) is 0.0983. The van der Waals surface area contributed by atoms with Gasteiger partial charge in [-0.25, -0.2) is 0 Å². The Morgan fingerprint density at radius 3 is 1.59 bits per heavy atom. The van der Waals surface area contributed by atoms with Crippen LogP contribution in [-0.2, 0) is 9.47 Å². The molecule has 0 saturated carbocycles. The van der Waals surface area contributed by atoms with Crippen LogP contribution in [0.2, 0.25) is 0 Å². The van der Waals surface area contributed by atoms with E-state index in [0.29, 0.717) is 6.04 Å². The van der Waals surface area contributed by atoms with Gasteiger partial charge in [-0.05, 0) is 19.6 Å². The maximum atomic E-state index is 6.12. The molecular weight excluding hydrogens is 414 g/mol. The molecule has 0 aliphatic carbocycles. The van der Waals surface area contributed by atoms with E-state index < -0.39 is 0 Å². The van der Waals surface area contributed by atoms with Crippen LogP contribution >= 0.6 is 11.8 Å². The molecule has 0 N–H and O–H groups in total. The monoisotopic (exact) mass is 474 g/mol. The molecule has 0 spiro atoms. The molecule has 2 unspecified atom stereocenters. The summed E-state index contributed by atoms with van der Waals surface area (Å²) >= 11 is 1.85. The maximum absolute atomic E-state index is 6.12. The zero-order chi connectivity index (χ0) is 23.9. The summed E-state index contributed by atoms with van der Waals surface area (Å²) in [6.45, 7) is 7.08. The first kappa shape index (κ1) is 32.2. The highest BCUT2D eigenvalue weighted by Crippen LogP contribution is 2.15. The van der Waals surface area contributed by atoms with Crippen LogP contribution in [0.3, 0.4) is 0 Å². The lowest BCUT2D eigenvalue weighted by Crippen LogP contribution is -2.45. The standard InChI is InChI=1S/C28H60NO2S/c1-7-8-9-10-11-12-13-14-15-16-17-18-19-20-21-22-30-26-28(31-23-24-32-6)25-27(2)29(3,4)5/h27-28H,7-26H2,1-6H3/q+1. The normalized spacial score (nSPS) is 14.1. The Kier molecular flexibility index (Phi) is 23.2. The van der Waals surface area contributed by atoms with E-state index in [-0.39, 0.29) is 6.10 Å². The van der Waals surface area contributed by atoms with E-state index in [1.54, 1.807) is 0 Å². The number of rotatable bonds is 25. The van der Waals surface area contributed by atoms with Crippen molar-refractivity contribution >= 4 is 11.8 Å². The molecule has 2 atom stereocenters. The Balaban J connectivity index is 3.56. The molecule has 0 aromatic rings. The van der Waals surface area contributed by atoms with E-state index in [1.807, 2.05) is 11.8 Å². The molecule has 0 rings (SSSR count). The first-order chi connectivity index (χ1) is 15.4. The lowest BCUT2D eigenvalue weighted by atomic mass is 10.0. The van der Waals surface area contributed by atoms with Crippen molar-refractivity contribution < 1.29 is 14.0 Å². The predicted octanol–water partition coefficient (Wildman–Crippen LogP) is 8.11. The van der Waals surface area contributed by atoms with Crippen LogP contribution in [-0.4, -0.2) is 69.6 Å². The van der Waals surface area contributed by atoms with E-state index in [9.17, 15) is 0 Å². The van der Waals surface area contributed by atoms with Crippen LogP contribution in [0, 0.1) is 0 Å². The van der Waals surface area contributed by atoms with Crippen molar-refractivity contribution in [2.75, 3.05) is 53.0 Å². The zero-order valence-corrected chi connectivity index (χ0v) is 23.8. The molecule has 0 aliphatic rings. The van der Waals surface area contributed by atoms with Crippen molar-refractivity contribution in [2.45, 2.75) is 129 Å². The molecular formula is C28H60NO2S+. The summed E-state index contributed by atoms with van der Waals surface area (Å²) < 4.78 is 13.1. The van der Waals surface area contributed by atoms with Gasteiger partial charge < -0.3 is 14.0 Å². The fraction of sp³-hybridized carbons (Fsp3) is 1.00. The van der Waals surface area contributed by atoms with Crippen LogP contribution in [0.15, 0.2) is 0 Å². The predicted molar refractivity (Wildman–Crippen MR) is 146 cm³/mol. The number of quaternary nitrogens is 1. The summed E-state index contributed by atoms with van der Waals surface area (Å²) in [5.74, 6) is 1.06. The van der Waals surface area contributed by atoms with Gasteiger partial charge in [0, 0.05) is 18.8 Å². The van der Waals surface area contributed by atoms with Gasteiger partial charge in [0.05, 0.1) is 46.5 Å². The van der Waals surface area contributed by atoms with Gasteiger partial charge in [0.15, 0.2) is 0 Å². The Labute approximate surface area is 207 Å². The summed E-state index contributed by atoms with van der Waals surface area (Å²) in [5.41, 5.74) is 0. The number of unbranched alkanes of at least 4 members (excludes halogenated alkanes) is 14. The molecule has 0 aliphatic heterocycles. The van der Waals surface area contributed by atoms with Crippen molar-refractivity contribution in [2.24, 2.45) is 0 Å². The third-order valence-electron chi connectivity index (χ3n) is 6.76. The second-order valence-electron chi connectivity index (χ2n) is 10.7. The molecule has 4 heteroatoms. The van der Waals surface area contributed by atoms with Gasteiger partial charge in [0.2, 0.25) is 0 Å². The topological polar surface area (TPSA) is 18.5 Å². The SMILES string of the molecule is CCCCCCCCCCCCCCCCCOCC(CC(C)[N+](C)(C)C)OCCSC. The van der Waals surface area contributed by atoms with E-state index in [0.717, 1.165) is 36.5 Å². The number of ether oxygens (including phenoxy) is 2. The second kappa shape index (κ2) is 23.0. The van der Waals surface area contributed by atoms with Gasteiger partial charge in [-0.2, -0.15) is 11.8 Å². The average molecular weight is 475 g/mol. The van der Waals surface area contributed by atoms with E-state index in [1.165, 1.54) is 96.3 Å². The molecule has 0 heterocycles. The minimum Gasteiger partial charge on any atom is -0.379 e. The first-order valence-electron chi connectivity index (χ1n) is 13.9. The zero-order valence-electron chi connectivity index (χ0n) is 23.0. The Morgan fingerprint density at radius 1 is 0.688 bits per heavy atom. The smallest absolute Gasteiger partial charge is 0.0881 e. The largest absolute Gasteiger partial charge is 0.379 e. The van der Waals surface area contributed by atoms with Crippen molar-refractivity contribution in [3.8, 4) is 0 Å². The molecule has 0 aromatic heterocycles. The van der Waals surface area contributed by atoms with Gasteiger partial charge in [-0.15, -0.1) is 0 Å². The highest BCUT2D eigenvalue weighted by molar-refractivity contribution is 7.98. The number of thioether (sulfide) groups is 1. The summed E-state index contributed by atoms with van der Waals surface area (Å²) in [4.78, 5) is 0. The molecule has 194 valence electrons. The van der Waals surface area contributed by atoms with Crippen molar-refractivity contribution in [1.29, 1.82) is 0 Å². The van der Waals surface area contributed by atoms with Crippen molar-refractivity contribution in [3.05, 3.63) is 0 Å². The fourth-order valence-corrected chi connectivity index (χ4v) is 4.23. The summed E-state index contributed by atoms with van der Waals surface area (Å²) in [6.07, 6.45) is 24.5. The highest BCUT2D eigenvalue weighted by atomic mass is 32.2. The molecule has 0 saturated heterocycles. The van der Waals surface area contributed by atoms with Gasteiger partial charge in [0.1, 0.15) is 0 Å². The third kappa shape index (κ3) is 22.0. The van der Waals surface area contributed by atoms with Crippen LogP contribution < -0.4 is 0 Å². The van der Waals surface area contributed by atoms with Gasteiger partial charge in [0.25, 0.3) is 0 Å². The van der Waals surface area contributed by atoms with Gasteiger partial charge >= 0.3 is 0 Å². The van der Waals surface area contributed by atoms with Crippen molar-refractivity contribution in [3.63, 3.8) is 0 Å². The lowest BCUT2D eigenvalue weighted by Gasteiger charge is -2.33. The molecule has 0 amide bonds. The third-order valence-corrected chi connectivity index (χ3v) is 7.34. The molecule has 0 bridgehead atoms. The van der Waals surface area contributed by atoms with Crippen LogP contribution in [0.5, 0.6) is 0 Å². The number of hydrogen-bond donors (Lipinski definition) is 0. The summed E-state index contributed by atoms with van der Waals surface area (Å²) in [5, 5.41) is 0. The molecule has 0 radical (unpaired) electrons. The Morgan fingerprint density at radius 2 is 1.16 bits per heavy atom. The minimum atomic E-state index is 0.228. The van der Waals surface area contributed by atoms with E-state index in [4.69, 9.17) is 9.47 Å². The minimum absolute atomic E-state index is 0.228. The Hall–Kier alpha value is 0.230. The average Bonchev–Trinajstić information content (AvgIpc) is 2.75. The van der Waals surface area contributed by atoms with E-state index >= 15 is 0 Å². The maximum Gasteiger partial charge on any atom is 0.0881 e. The molecule has 0 fully saturated rings. The second-order valence-corrected chi connectivity index (χ2v) is 11.7. The van der Waals surface area contributed by atoms with Crippen LogP contribution in [0.1, 0.15) is 117 Å². The summed E-state index contributed by atoms with van der Waals surface area (Å²) in [7, 11) is 6.79. The van der Waals surface area contributed by atoms with E-state index in [2.05, 4.69) is 41.2 Å².